The van der Waals surface area contributed by atoms with Gasteiger partial charge in [0.15, 0.2) is 0 Å². The van der Waals surface area contributed by atoms with Crippen molar-refractivity contribution in [1.29, 1.82) is 0 Å². The van der Waals surface area contributed by atoms with Gasteiger partial charge >= 0.3 is 0 Å². The number of hydrogen-bond donors (Lipinski definition) is 0. The van der Waals surface area contributed by atoms with Crippen molar-refractivity contribution in [2.24, 2.45) is 0 Å². The fraction of sp³-hybridized carbons (Fsp3) is 0.200. The van der Waals surface area contributed by atoms with E-state index in [9.17, 15) is 4.79 Å². The molecule has 2 aliphatic rings. The number of thioether (sulfide) groups is 1. The van der Waals surface area contributed by atoms with Crippen LogP contribution in [-0.2, 0) is 17.8 Å². The molecule has 25 heavy (non-hydrogen) atoms. The van der Waals surface area contributed by atoms with Crippen LogP contribution in [0.4, 0.5) is 0 Å². The van der Waals surface area contributed by atoms with Crippen molar-refractivity contribution in [3.05, 3.63) is 70.1 Å². The Balaban J connectivity index is 1.56. The molecule has 2 aromatic rings. The van der Waals surface area contributed by atoms with Gasteiger partial charge in [0.25, 0.3) is 5.91 Å². The van der Waals surface area contributed by atoms with E-state index in [4.69, 9.17) is 17.0 Å². The molecule has 4 rings (SSSR count). The van der Waals surface area contributed by atoms with E-state index in [2.05, 4.69) is 13.0 Å². The number of benzene rings is 2. The Bertz CT molecular complexity index is 877. The zero-order valence-electron chi connectivity index (χ0n) is 13.8. The second-order valence-electron chi connectivity index (χ2n) is 6.25. The number of nitrogens with zero attached hydrogens (tertiary/aromatic N) is 1. The standard InChI is InChI=1S/C20H17NO2S2/c1-13-9-16-10-15(7-8-17(16)23-13)11-18-19(22)21(20(24)25-18)12-14-5-3-2-4-6-14/h2-8,10-11,13H,9,12H2,1H3/b18-11-/t13-/m0/s1. The summed E-state index contributed by atoms with van der Waals surface area (Å²) in [6, 6.07) is 16.0. The molecule has 5 heteroatoms. The zero-order chi connectivity index (χ0) is 17.4. The number of thiocarbonyl (C=S) groups is 1. The minimum atomic E-state index is -0.0241. The Hall–Kier alpha value is -2.11. The summed E-state index contributed by atoms with van der Waals surface area (Å²) in [7, 11) is 0. The number of fused-ring (bicyclic) bond motifs is 1. The maximum atomic E-state index is 12.7. The molecule has 0 bridgehead atoms. The van der Waals surface area contributed by atoms with Crippen LogP contribution in [0.3, 0.4) is 0 Å². The van der Waals surface area contributed by atoms with Gasteiger partial charge in [-0.05, 0) is 41.8 Å². The molecule has 2 heterocycles. The van der Waals surface area contributed by atoms with Crippen LogP contribution in [0.1, 0.15) is 23.6 Å². The van der Waals surface area contributed by atoms with E-state index in [0.717, 1.165) is 23.3 Å². The Morgan fingerprint density at radius 3 is 2.88 bits per heavy atom. The molecule has 1 atom stereocenters. The van der Waals surface area contributed by atoms with E-state index in [1.165, 1.54) is 17.3 Å². The molecular formula is C20H17NO2S2. The first-order valence-electron chi connectivity index (χ1n) is 8.19. The fourth-order valence-corrected chi connectivity index (χ4v) is 4.34. The van der Waals surface area contributed by atoms with Crippen LogP contribution in [-0.4, -0.2) is 21.2 Å². The molecule has 0 saturated carbocycles. The molecule has 0 aliphatic carbocycles. The van der Waals surface area contributed by atoms with Crippen LogP contribution in [0.5, 0.6) is 5.75 Å². The lowest BCUT2D eigenvalue weighted by Gasteiger charge is -2.14. The summed E-state index contributed by atoms with van der Waals surface area (Å²) in [4.78, 5) is 15.1. The Labute approximate surface area is 156 Å². The second-order valence-corrected chi connectivity index (χ2v) is 7.93. The van der Waals surface area contributed by atoms with Gasteiger partial charge in [-0.1, -0.05) is 60.4 Å². The van der Waals surface area contributed by atoms with Gasteiger partial charge in [-0.15, -0.1) is 0 Å². The Morgan fingerprint density at radius 2 is 2.08 bits per heavy atom. The smallest absolute Gasteiger partial charge is 0.266 e. The van der Waals surface area contributed by atoms with Crippen LogP contribution in [0.2, 0.25) is 0 Å². The first kappa shape index (κ1) is 16.4. The number of ether oxygens (including phenoxy) is 1. The van der Waals surface area contributed by atoms with Gasteiger partial charge in [0, 0.05) is 6.42 Å². The summed E-state index contributed by atoms with van der Waals surface area (Å²) in [6.45, 7) is 2.58. The van der Waals surface area contributed by atoms with E-state index in [-0.39, 0.29) is 12.0 Å². The molecule has 0 aromatic heterocycles. The Morgan fingerprint density at radius 1 is 1.28 bits per heavy atom. The predicted molar refractivity (Wildman–Crippen MR) is 105 cm³/mol. The van der Waals surface area contributed by atoms with Crippen LogP contribution >= 0.6 is 24.0 Å². The quantitative estimate of drug-likeness (QED) is 0.594. The monoisotopic (exact) mass is 367 g/mol. The van der Waals surface area contributed by atoms with Crippen LogP contribution < -0.4 is 4.74 Å². The summed E-state index contributed by atoms with van der Waals surface area (Å²) in [6.07, 6.45) is 3.05. The summed E-state index contributed by atoms with van der Waals surface area (Å²) in [5.41, 5.74) is 3.28. The van der Waals surface area contributed by atoms with Crippen molar-refractivity contribution in [3.63, 3.8) is 0 Å². The molecule has 1 saturated heterocycles. The lowest BCUT2D eigenvalue weighted by atomic mass is 10.1. The first-order chi connectivity index (χ1) is 12.1. The van der Waals surface area contributed by atoms with Crippen molar-refractivity contribution in [2.75, 3.05) is 0 Å². The third-order valence-electron chi connectivity index (χ3n) is 4.27. The van der Waals surface area contributed by atoms with E-state index in [1.54, 1.807) is 4.90 Å². The number of carbonyl (C=O) groups excluding carboxylic acids is 1. The molecule has 0 spiro atoms. The van der Waals surface area contributed by atoms with Gasteiger partial charge in [0.05, 0.1) is 11.4 Å². The highest BCUT2D eigenvalue weighted by Crippen LogP contribution is 2.35. The predicted octanol–water partition coefficient (Wildman–Crippen LogP) is 4.41. The summed E-state index contributed by atoms with van der Waals surface area (Å²) >= 11 is 6.78. The molecule has 2 aromatic carbocycles. The molecule has 1 fully saturated rings. The highest BCUT2D eigenvalue weighted by atomic mass is 32.2. The average Bonchev–Trinajstić information content (AvgIpc) is 3.09. The number of amides is 1. The maximum absolute atomic E-state index is 12.7. The van der Waals surface area contributed by atoms with Gasteiger partial charge in [0.1, 0.15) is 16.2 Å². The summed E-state index contributed by atoms with van der Waals surface area (Å²) < 4.78 is 6.34. The molecule has 0 unspecified atom stereocenters. The van der Waals surface area contributed by atoms with Crippen LogP contribution in [0, 0.1) is 0 Å². The van der Waals surface area contributed by atoms with E-state index >= 15 is 0 Å². The van der Waals surface area contributed by atoms with Gasteiger partial charge in [-0.3, -0.25) is 9.69 Å². The van der Waals surface area contributed by atoms with Crippen molar-refractivity contribution >= 4 is 40.3 Å². The lowest BCUT2D eigenvalue weighted by Crippen LogP contribution is -2.27. The van der Waals surface area contributed by atoms with E-state index < -0.39 is 0 Å². The van der Waals surface area contributed by atoms with Crippen molar-refractivity contribution in [3.8, 4) is 5.75 Å². The fourth-order valence-electron chi connectivity index (χ4n) is 3.09. The van der Waals surface area contributed by atoms with Crippen molar-refractivity contribution < 1.29 is 9.53 Å². The van der Waals surface area contributed by atoms with Crippen molar-refractivity contribution in [1.82, 2.24) is 4.90 Å². The lowest BCUT2D eigenvalue weighted by molar-refractivity contribution is -0.122. The van der Waals surface area contributed by atoms with Crippen molar-refractivity contribution in [2.45, 2.75) is 26.0 Å². The third-order valence-corrected chi connectivity index (χ3v) is 5.65. The van der Waals surface area contributed by atoms with Crippen LogP contribution in [0.25, 0.3) is 6.08 Å². The SMILES string of the molecule is C[C@H]1Cc2cc(/C=C3\SC(=S)N(Cc4ccccc4)C3=O)ccc2O1. The number of hydrogen-bond acceptors (Lipinski definition) is 4. The minimum Gasteiger partial charge on any atom is -0.490 e. The molecule has 2 aliphatic heterocycles. The second kappa shape index (κ2) is 6.65. The first-order valence-corrected chi connectivity index (χ1v) is 9.41. The van der Waals surface area contributed by atoms with Gasteiger partial charge in [-0.2, -0.15) is 0 Å². The topological polar surface area (TPSA) is 29.5 Å². The van der Waals surface area contributed by atoms with E-state index in [0.29, 0.717) is 15.8 Å². The van der Waals surface area contributed by atoms with Crippen LogP contribution in [0.15, 0.2) is 53.4 Å². The van der Waals surface area contributed by atoms with Gasteiger partial charge < -0.3 is 4.74 Å². The third kappa shape index (κ3) is 3.34. The largest absolute Gasteiger partial charge is 0.490 e. The summed E-state index contributed by atoms with van der Waals surface area (Å²) in [5, 5.41) is 0. The summed E-state index contributed by atoms with van der Waals surface area (Å²) in [5.74, 6) is 0.922. The molecule has 3 nitrogen and oxygen atoms in total. The maximum Gasteiger partial charge on any atom is 0.266 e. The zero-order valence-corrected chi connectivity index (χ0v) is 15.4. The minimum absolute atomic E-state index is 0.0241. The molecule has 1 amide bonds. The normalized spacial score (nSPS) is 20.9. The van der Waals surface area contributed by atoms with Gasteiger partial charge in [-0.25, -0.2) is 0 Å². The molecule has 0 N–H and O–H groups in total. The van der Waals surface area contributed by atoms with Gasteiger partial charge in [0.2, 0.25) is 0 Å². The molecular weight excluding hydrogens is 350 g/mol. The van der Waals surface area contributed by atoms with E-state index in [1.807, 2.05) is 48.5 Å². The number of carbonyl (C=O) groups is 1. The average molecular weight is 367 g/mol. The molecule has 0 radical (unpaired) electrons. The number of rotatable bonds is 3. The highest BCUT2D eigenvalue weighted by molar-refractivity contribution is 8.26. The Kier molecular flexibility index (Phi) is 4.36. The highest BCUT2D eigenvalue weighted by Gasteiger charge is 2.32. The molecule has 126 valence electrons.